The number of rotatable bonds is 6. The van der Waals surface area contributed by atoms with Crippen LogP contribution >= 0.6 is 0 Å². The SMILES string of the molecule is CCn1c2c(c(=O)n3ncc(C(=O)Nc4ccc(C)c(F)c4)c13)CN(Cc1ccc(OC)cc1)CC2. The van der Waals surface area contributed by atoms with E-state index in [9.17, 15) is 14.0 Å². The predicted octanol–water partition coefficient (Wildman–Crippen LogP) is 3.78. The lowest BCUT2D eigenvalue weighted by Crippen LogP contribution is -2.38. The molecule has 3 heterocycles. The molecule has 2 aromatic carbocycles. The molecule has 2 aromatic heterocycles. The number of ether oxygens (including phenoxy) is 1. The zero-order chi connectivity index (χ0) is 25.4. The Hall–Kier alpha value is -3.98. The Morgan fingerprint density at radius 2 is 1.97 bits per heavy atom. The van der Waals surface area contributed by atoms with Crippen molar-refractivity contribution in [3.63, 3.8) is 0 Å². The third-order valence-corrected chi connectivity index (χ3v) is 6.73. The van der Waals surface area contributed by atoms with Gasteiger partial charge in [-0.3, -0.25) is 14.5 Å². The fraction of sp³-hybridized carbons (Fsp3) is 0.296. The number of methoxy groups -OCH3 is 1. The van der Waals surface area contributed by atoms with Crippen molar-refractivity contribution >= 4 is 17.2 Å². The van der Waals surface area contributed by atoms with Gasteiger partial charge in [0, 0.05) is 44.0 Å². The number of nitrogens with one attached hydrogen (secondary N) is 1. The van der Waals surface area contributed by atoms with Crippen LogP contribution in [0.25, 0.3) is 5.65 Å². The van der Waals surface area contributed by atoms with Gasteiger partial charge in [-0.05, 0) is 49.2 Å². The predicted molar refractivity (Wildman–Crippen MR) is 135 cm³/mol. The van der Waals surface area contributed by atoms with Gasteiger partial charge in [0.05, 0.1) is 18.9 Å². The van der Waals surface area contributed by atoms with E-state index in [2.05, 4.69) is 15.3 Å². The van der Waals surface area contributed by atoms with Crippen LogP contribution in [0, 0.1) is 12.7 Å². The van der Waals surface area contributed by atoms with Gasteiger partial charge in [-0.25, -0.2) is 4.39 Å². The van der Waals surface area contributed by atoms with E-state index in [1.807, 2.05) is 35.8 Å². The van der Waals surface area contributed by atoms with E-state index in [1.54, 1.807) is 26.2 Å². The maximum atomic E-state index is 14.0. The van der Waals surface area contributed by atoms with Crippen LogP contribution < -0.4 is 15.6 Å². The van der Waals surface area contributed by atoms with Gasteiger partial charge in [0.25, 0.3) is 11.5 Å². The lowest BCUT2D eigenvalue weighted by atomic mass is 10.0. The highest BCUT2D eigenvalue weighted by Crippen LogP contribution is 2.23. The van der Waals surface area contributed by atoms with Gasteiger partial charge in [0.15, 0.2) is 5.65 Å². The molecule has 1 N–H and O–H groups in total. The number of halogens is 1. The van der Waals surface area contributed by atoms with Crippen molar-refractivity contribution in [2.24, 2.45) is 0 Å². The van der Waals surface area contributed by atoms with E-state index in [1.165, 1.54) is 16.8 Å². The summed E-state index contributed by atoms with van der Waals surface area (Å²) in [5.74, 6) is -0.0276. The van der Waals surface area contributed by atoms with Crippen LogP contribution in [0.1, 0.15) is 39.7 Å². The highest BCUT2D eigenvalue weighted by molar-refractivity contribution is 6.08. The molecule has 1 aliphatic heterocycles. The third-order valence-electron chi connectivity index (χ3n) is 6.73. The molecule has 1 amide bonds. The maximum absolute atomic E-state index is 14.0. The van der Waals surface area contributed by atoms with Crippen LogP contribution in [0.2, 0.25) is 0 Å². The number of carbonyl (C=O) groups is 1. The quantitative estimate of drug-likeness (QED) is 0.446. The van der Waals surface area contributed by atoms with Gasteiger partial charge < -0.3 is 14.6 Å². The maximum Gasteiger partial charge on any atom is 0.279 e. The molecule has 0 unspecified atom stereocenters. The van der Waals surface area contributed by atoms with Crippen LogP contribution in [-0.4, -0.2) is 38.6 Å². The average Bonchev–Trinajstić information content (AvgIpc) is 3.33. The van der Waals surface area contributed by atoms with Crippen LogP contribution in [0.4, 0.5) is 10.1 Å². The summed E-state index contributed by atoms with van der Waals surface area (Å²) in [7, 11) is 1.64. The molecular formula is C27H28FN5O3. The van der Waals surface area contributed by atoms with Gasteiger partial charge in [-0.15, -0.1) is 0 Å². The summed E-state index contributed by atoms with van der Waals surface area (Å²) in [5, 5.41) is 7.01. The molecule has 0 spiro atoms. The van der Waals surface area contributed by atoms with E-state index in [-0.39, 0.29) is 11.1 Å². The standard InChI is InChI=1S/C27H28FN5O3/c1-4-32-24-11-12-31(15-18-6-9-20(36-3)10-7-18)16-22(24)27(35)33-26(32)21(14-29-33)25(34)30-19-8-5-17(2)23(28)13-19/h5-10,13-14H,4,11-12,15-16H2,1-3H3,(H,30,34). The Morgan fingerprint density at radius 1 is 1.19 bits per heavy atom. The summed E-state index contributed by atoms with van der Waals surface area (Å²) in [6.07, 6.45) is 2.09. The summed E-state index contributed by atoms with van der Waals surface area (Å²) in [6, 6.07) is 12.5. The van der Waals surface area contributed by atoms with Crippen molar-refractivity contribution in [2.75, 3.05) is 19.0 Å². The summed E-state index contributed by atoms with van der Waals surface area (Å²) < 4.78 is 22.5. The van der Waals surface area contributed by atoms with Crippen molar-refractivity contribution in [3.05, 3.63) is 92.8 Å². The third kappa shape index (κ3) is 4.26. The second kappa shape index (κ2) is 9.58. The van der Waals surface area contributed by atoms with Crippen LogP contribution in [-0.2, 0) is 26.1 Å². The number of anilines is 1. The second-order valence-electron chi connectivity index (χ2n) is 9.00. The number of nitrogens with zero attached hydrogens (tertiary/aromatic N) is 4. The average molecular weight is 490 g/mol. The Kier molecular flexibility index (Phi) is 6.32. The number of hydrogen-bond donors (Lipinski definition) is 1. The molecule has 186 valence electrons. The Balaban J connectivity index is 1.46. The number of fused-ring (bicyclic) bond motifs is 2. The van der Waals surface area contributed by atoms with Crippen molar-refractivity contribution in [1.82, 2.24) is 19.1 Å². The fourth-order valence-electron chi connectivity index (χ4n) is 4.80. The summed E-state index contributed by atoms with van der Waals surface area (Å²) >= 11 is 0. The number of carbonyl (C=O) groups excluding carboxylic acids is 1. The molecule has 0 bridgehead atoms. The number of benzene rings is 2. The van der Waals surface area contributed by atoms with E-state index < -0.39 is 11.7 Å². The number of aromatic nitrogens is 3. The Bertz CT molecular complexity index is 1510. The molecule has 0 aliphatic carbocycles. The number of aryl methyl sites for hydroxylation is 2. The minimum atomic E-state index is -0.438. The van der Waals surface area contributed by atoms with Crippen molar-refractivity contribution < 1.29 is 13.9 Å². The number of amides is 1. The van der Waals surface area contributed by atoms with Gasteiger partial charge >= 0.3 is 0 Å². The van der Waals surface area contributed by atoms with Crippen LogP contribution in [0.3, 0.4) is 0 Å². The molecule has 1 aliphatic rings. The normalized spacial score (nSPS) is 13.6. The van der Waals surface area contributed by atoms with E-state index in [0.29, 0.717) is 48.5 Å². The summed E-state index contributed by atoms with van der Waals surface area (Å²) in [4.78, 5) is 28.8. The monoisotopic (exact) mass is 489 g/mol. The van der Waals surface area contributed by atoms with Crippen LogP contribution in [0.15, 0.2) is 53.5 Å². The molecule has 8 nitrogen and oxygen atoms in total. The first kappa shape index (κ1) is 23.7. The minimum Gasteiger partial charge on any atom is -0.497 e. The zero-order valence-electron chi connectivity index (χ0n) is 20.5. The second-order valence-corrected chi connectivity index (χ2v) is 9.00. The molecule has 0 radical (unpaired) electrons. The first-order valence-corrected chi connectivity index (χ1v) is 11.9. The topological polar surface area (TPSA) is 80.9 Å². The van der Waals surface area contributed by atoms with Gasteiger partial charge in [-0.2, -0.15) is 9.61 Å². The van der Waals surface area contributed by atoms with Crippen LogP contribution in [0.5, 0.6) is 5.75 Å². The van der Waals surface area contributed by atoms with Gasteiger partial charge in [0.1, 0.15) is 17.1 Å². The largest absolute Gasteiger partial charge is 0.497 e. The Morgan fingerprint density at radius 3 is 2.67 bits per heavy atom. The molecule has 9 heteroatoms. The molecule has 36 heavy (non-hydrogen) atoms. The van der Waals surface area contributed by atoms with Crippen molar-refractivity contribution in [3.8, 4) is 5.75 Å². The molecule has 0 saturated carbocycles. The molecule has 0 fully saturated rings. The highest BCUT2D eigenvalue weighted by atomic mass is 19.1. The highest BCUT2D eigenvalue weighted by Gasteiger charge is 2.27. The lowest BCUT2D eigenvalue weighted by Gasteiger charge is -2.30. The fourth-order valence-corrected chi connectivity index (χ4v) is 4.80. The molecule has 0 atom stereocenters. The van der Waals surface area contributed by atoms with Crippen molar-refractivity contribution in [1.29, 1.82) is 0 Å². The lowest BCUT2D eigenvalue weighted by molar-refractivity contribution is 0.102. The zero-order valence-corrected chi connectivity index (χ0v) is 20.5. The summed E-state index contributed by atoms with van der Waals surface area (Å²) in [5.41, 5.74) is 4.12. The van der Waals surface area contributed by atoms with E-state index in [4.69, 9.17) is 4.74 Å². The van der Waals surface area contributed by atoms with E-state index >= 15 is 0 Å². The number of hydrogen-bond acceptors (Lipinski definition) is 5. The summed E-state index contributed by atoms with van der Waals surface area (Å²) in [6.45, 7) is 6.22. The Labute approximate surface area is 207 Å². The van der Waals surface area contributed by atoms with E-state index in [0.717, 1.165) is 23.6 Å². The van der Waals surface area contributed by atoms with Gasteiger partial charge in [0.2, 0.25) is 0 Å². The molecule has 0 saturated heterocycles. The minimum absolute atomic E-state index is 0.218. The first-order valence-electron chi connectivity index (χ1n) is 11.9. The van der Waals surface area contributed by atoms with Gasteiger partial charge in [-0.1, -0.05) is 18.2 Å². The molecule has 5 rings (SSSR count). The molecular weight excluding hydrogens is 461 g/mol. The molecule has 4 aromatic rings. The smallest absolute Gasteiger partial charge is 0.279 e. The van der Waals surface area contributed by atoms with Crippen molar-refractivity contribution in [2.45, 2.75) is 39.9 Å². The first-order chi connectivity index (χ1) is 17.4.